The summed E-state index contributed by atoms with van der Waals surface area (Å²) in [7, 11) is 0. The summed E-state index contributed by atoms with van der Waals surface area (Å²) in [5.74, 6) is 0. The zero-order chi connectivity index (χ0) is 9.47. The second kappa shape index (κ2) is 2.86. The quantitative estimate of drug-likeness (QED) is 0.646. The Hall–Kier alpha value is -0.790. The molecule has 0 unspecified atom stereocenters. The van der Waals surface area contributed by atoms with E-state index in [9.17, 15) is 0 Å². The van der Waals surface area contributed by atoms with Crippen molar-refractivity contribution in [1.82, 2.24) is 9.78 Å². The second-order valence-corrected chi connectivity index (χ2v) is 5.02. The summed E-state index contributed by atoms with van der Waals surface area (Å²) in [6.07, 6.45) is 6.12. The molecule has 0 aromatic carbocycles. The first-order valence-corrected chi connectivity index (χ1v) is 5.13. The third-order valence-electron chi connectivity index (χ3n) is 2.83. The maximum atomic E-state index is 4.62. The third-order valence-corrected chi connectivity index (χ3v) is 2.83. The van der Waals surface area contributed by atoms with Crippen molar-refractivity contribution in [2.24, 2.45) is 0 Å². The van der Waals surface area contributed by atoms with Crippen LogP contribution in [-0.4, -0.2) is 9.78 Å². The normalized spacial score (nSPS) is 18.7. The molecule has 1 aliphatic carbocycles. The van der Waals surface area contributed by atoms with Gasteiger partial charge in [-0.3, -0.25) is 4.68 Å². The van der Waals surface area contributed by atoms with Gasteiger partial charge in [-0.15, -0.1) is 0 Å². The first-order valence-electron chi connectivity index (χ1n) is 5.13. The average Bonchev–Trinajstić information content (AvgIpc) is 2.29. The smallest absolute Gasteiger partial charge is 0.0678 e. The molecule has 72 valence electrons. The number of rotatable bonds is 1. The van der Waals surface area contributed by atoms with Gasteiger partial charge in [0.25, 0.3) is 0 Å². The van der Waals surface area contributed by atoms with E-state index in [0.717, 1.165) is 0 Å². The molecule has 1 fully saturated rings. The molecule has 0 radical (unpaired) electrons. The van der Waals surface area contributed by atoms with Crippen molar-refractivity contribution in [2.45, 2.75) is 51.5 Å². The molecule has 1 heterocycles. The highest BCUT2D eigenvalue weighted by molar-refractivity contribution is 5.10. The minimum atomic E-state index is 0.189. The van der Waals surface area contributed by atoms with E-state index in [4.69, 9.17) is 0 Å². The van der Waals surface area contributed by atoms with Gasteiger partial charge in [0.15, 0.2) is 0 Å². The molecule has 0 amide bonds. The van der Waals surface area contributed by atoms with Crippen LogP contribution in [0.4, 0.5) is 0 Å². The number of aromatic nitrogens is 2. The van der Waals surface area contributed by atoms with Crippen LogP contribution in [0.25, 0.3) is 0 Å². The monoisotopic (exact) mass is 178 g/mol. The highest BCUT2D eigenvalue weighted by atomic mass is 15.3. The van der Waals surface area contributed by atoms with Crippen LogP contribution >= 0.6 is 0 Å². The minimum Gasteiger partial charge on any atom is -0.269 e. The summed E-state index contributed by atoms with van der Waals surface area (Å²) in [4.78, 5) is 0. The molecule has 2 rings (SSSR count). The van der Waals surface area contributed by atoms with Crippen LogP contribution in [0.5, 0.6) is 0 Å². The van der Waals surface area contributed by atoms with E-state index in [-0.39, 0.29) is 5.41 Å². The minimum absolute atomic E-state index is 0.189. The van der Waals surface area contributed by atoms with Crippen LogP contribution in [0.1, 0.15) is 51.8 Å². The number of nitrogens with zero attached hydrogens (tertiary/aromatic N) is 2. The van der Waals surface area contributed by atoms with Gasteiger partial charge >= 0.3 is 0 Å². The van der Waals surface area contributed by atoms with Crippen LogP contribution in [-0.2, 0) is 5.41 Å². The topological polar surface area (TPSA) is 17.8 Å². The van der Waals surface area contributed by atoms with Crippen LogP contribution in [0, 0.1) is 0 Å². The average molecular weight is 178 g/mol. The summed E-state index contributed by atoms with van der Waals surface area (Å²) in [5.41, 5.74) is 1.40. The number of hydrogen-bond acceptors (Lipinski definition) is 1. The Kier molecular flexibility index (Phi) is 1.94. The lowest BCUT2D eigenvalue weighted by Gasteiger charge is -2.26. The SMILES string of the molecule is CC(C)(C)c1ccn(C2CCC2)n1. The Morgan fingerprint density at radius 3 is 2.46 bits per heavy atom. The van der Waals surface area contributed by atoms with E-state index in [1.54, 1.807) is 0 Å². The van der Waals surface area contributed by atoms with Gasteiger partial charge in [-0.25, -0.2) is 0 Å². The molecular weight excluding hydrogens is 160 g/mol. The molecule has 2 nitrogen and oxygen atoms in total. The highest BCUT2D eigenvalue weighted by Gasteiger charge is 2.22. The van der Waals surface area contributed by atoms with Gasteiger partial charge in [0.05, 0.1) is 11.7 Å². The Labute approximate surface area is 80.0 Å². The Morgan fingerprint density at radius 2 is 2.08 bits per heavy atom. The zero-order valence-electron chi connectivity index (χ0n) is 8.75. The van der Waals surface area contributed by atoms with Gasteiger partial charge in [-0.2, -0.15) is 5.10 Å². The molecular formula is C11H18N2. The van der Waals surface area contributed by atoms with Crippen molar-refractivity contribution >= 4 is 0 Å². The van der Waals surface area contributed by atoms with E-state index in [0.29, 0.717) is 6.04 Å². The van der Waals surface area contributed by atoms with E-state index in [1.165, 1.54) is 25.0 Å². The fourth-order valence-corrected chi connectivity index (χ4v) is 1.59. The van der Waals surface area contributed by atoms with Crippen molar-refractivity contribution in [3.05, 3.63) is 18.0 Å². The van der Waals surface area contributed by atoms with Gasteiger partial charge in [0.1, 0.15) is 0 Å². The molecule has 2 heteroatoms. The Morgan fingerprint density at radius 1 is 1.38 bits per heavy atom. The predicted molar refractivity (Wildman–Crippen MR) is 53.8 cm³/mol. The standard InChI is InChI=1S/C11H18N2/c1-11(2,3)10-7-8-13(12-10)9-5-4-6-9/h7-9H,4-6H2,1-3H3. The van der Waals surface area contributed by atoms with Gasteiger partial charge < -0.3 is 0 Å². The molecule has 0 bridgehead atoms. The summed E-state index contributed by atoms with van der Waals surface area (Å²) in [6.45, 7) is 6.63. The fourth-order valence-electron chi connectivity index (χ4n) is 1.59. The lowest BCUT2D eigenvalue weighted by molar-refractivity contribution is 0.286. The van der Waals surface area contributed by atoms with Crippen LogP contribution in [0.2, 0.25) is 0 Å². The second-order valence-electron chi connectivity index (χ2n) is 5.02. The van der Waals surface area contributed by atoms with Crippen LogP contribution in [0.3, 0.4) is 0 Å². The van der Waals surface area contributed by atoms with Crippen molar-refractivity contribution < 1.29 is 0 Å². The number of hydrogen-bond donors (Lipinski definition) is 0. The summed E-state index contributed by atoms with van der Waals surface area (Å²) in [6, 6.07) is 2.84. The molecule has 1 aliphatic rings. The van der Waals surface area contributed by atoms with Gasteiger partial charge in [0, 0.05) is 11.6 Å². The predicted octanol–water partition coefficient (Wildman–Crippen LogP) is 2.91. The fraction of sp³-hybridized carbons (Fsp3) is 0.727. The van der Waals surface area contributed by atoms with Crippen molar-refractivity contribution in [2.75, 3.05) is 0 Å². The molecule has 1 aromatic heterocycles. The third kappa shape index (κ3) is 1.62. The van der Waals surface area contributed by atoms with Crippen molar-refractivity contribution in [3.63, 3.8) is 0 Å². The maximum Gasteiger partial charge on any atom is 0.0678 e. The highest BCUT2D eigenvalue weighted by Crippen LogP contribution is 2.31. The maximum absolute atomic E-state index is 4.62. The molecule has 0 aliphatic heterocycles. The zero-order valence-corrected chi connectivity index (χ0v) is 8.75. The first kappa shape index (κ1) is 8.79. The molecule has 13 heavy (non-hydrogen) atoms. The van der Waals surface area contributed by atoms with Crippen LogP contribution < -0.4 is 0 Å². The van der Waals surface area contributed by atoms with Crippen molar-refractivity contribution in [3.8, 4) is 0 Å². The van der Waals surface area contributed by atoms with Crippen molar-refractivity contribution in [1.29, 1.82) is 0 Å². The molecule has 1 saturated carbocycles. The first-order chi connectivity index (χ1) is 6.07. The molecule has 0 spiro atoms. The molecule has 0 saturated heterocycles. The Bertz CT molecular complexity index is 289. The Balaban J connectivity index is 2.17. The largest absolute Gasteiger partial charge is 0.269 e. The van der Waals surface area contributed by atoms with Gasteiger partial charge in [-0.1, -0.05) is 20.8 Å². The summed E-state index contributed by atoms with van der Waals surface area (Å²) >= 11 is 0. The molecule has 0 N–H and O–H groups in total. The lowest BCUT2D eigenvalue weighted by atomic mass is 9.93. The van der Waals surface area contributed by atoms with E-state index in [1.807, 2.05) is 0 Å². The van der Waals surface area contributed by atoms with E-state index in [2.05, 4.69) is 42.8 Å². The summed E-state index contributed by atoms with van der Waals surface area (Å²) < 4.78 is 2.14. The lowest BCUT2D eigenvalue weighted by Crippen LogP contribution is -2.19. The van der Waals surface area contributed by atoms with Crippen LogP contribution in [0.15, 0.2) is 12.3 Å². The summed E-state index contributed by atoms with van der Waals surface area (Å²) in [5, 5.41) is 4.62. The van der Waals surface area contributed by atoms with E-state index >= 15 is 0 Å². The molecule has 0 atom stereocenters. The van der Waals surface area contributed by atoms with Gasteiger partial charge in [0.2, 0.25) is 0 Å². The van der Waals surface area contributed by atoms with Gasteiger partial charge in [-0.05, 0) is 25.3 Å². The van der Waals surface area contributed by atoms with E-state index < -0.39 is 0 Å². The molecule has 1 aromatic rings.